The molecule has 5 aromatic carbocycles. The van der Waals surface area contributed by atoms with E-state index in [9.17, 15) is 4.79 Å². The molecule has 7 aromatic rings. The minimum atomic E-state index is -0.380. The van der Waals surface area contributed by atoms with Crippen LogP contribution < -0.4 is 4.74 Å². The number of hydrogen-bond donors (Lipinski definition) is 1. The van der Waals surface area contributed by atoms with Crippen molar-refractivity contribution in [1.29, 1.82) is 0 Å². The SMILES string of the molecule is CC1(C2CCCC2)Cc2cc(OCCCCn3c(-c4ccccc4)nc4ccccc43)c(Cl)c(Cl)c2C1=O.c1ccc(-c2nc3ccccc3[nH]2)cc1. The van der Waals surface area contributed by atoms with Crippen LogP contribution in [0.3, 0.4) is 0 Å². The Labute approximate surface area is 320 Å². The average molecular weight is 742 g/mol. The molecule has 8 heteroatoms. The molecular weight excluding hydrogens is 699 g/mol. The van der Waals surface area contributed by atoms with Gasteiger partial charge in [0.25, 0.3) is 0 Å². The number of benzene rings is 5. The molecule has 53 heavy (non-hydrogen) atoms. The molecule has 0 aliphatic heterocycles. The quantitative estimate of drug-likeness (QED) is 0.150. The second kappa shape index (κ2) is 15.2. The number of halogens is 2. The number of H-pyrrole nitrogens is 1. The molecule has 268 valence electrons. The molecule has 0 saturated heterocycles. The lowest BCUT2D eigenvalue weighted by molar-refractivity contribution is 0.0744. The lowest BCUT2D eigenvalue weighted by Crippen LogP contribution is -2.32. The van der Waals surface area contributed by atoms with Crippen LogP contribution in [-0.4, -0.2) is 31.9 Å². The fourth-order valence-corrected chi connectivity index (χ4v) is 8.65. The lowest BCUT2D eigenvalue weighted by Gasteiger charge is -2.29. The summed E-state index contributed by atoms with van der Waals surface area (Å²) in [7, 11) is 0. The number of hydrogen-bond acceptors (Lipinski definition) is 4. The Morgan fingerprint density at radius 1 is 0.792 bits per heavy atom. The molecule has 0 bridgehead atoms. The fourth-order valence-electron chi connectivity index (χ4n) is 8.15. The molecule has 2 aromatic heterocycles. The number of aromatic amines is 1. The Morgan fingerprint density at radius 3 is 2.19 bits per heavy atom. The molecule has 1 atom stereocenters. The van der Waals surface area contributed by atoms with Gasteiger partial charge in [-0.3, -0.25) is 4.79 Å². The van der Waals surface area contributed by atoms with Crippen molar-refractivity contribution >= 4 is 51.1 Å². The Kier molecular flexibility index (Phi) is 10.1. The monoisotopic (exact) mass is 740 g/mol. The summed E-state index contributed by atoms with van der Waals surface area (Å²) < 4.78 is 8.43. The van der Waals surface area contributed by atoms with E-state index < -0.39 is 0 Å². The van der Waals surface area contributed by atoms with Gasteiger partial charge in [-0.15, -0.1) is 0 Å². The van der Waals surface area contributed by atoms with Crippen molar-refractivity contribution in [2.45, 2.75) is 58.4 Å². The third-order valence-electron chi connectivity index (χ3n) is 11.0. The number of nitrogens with one attached hydrogen (secondary N) is 1. The molecule has 2 aliphatic rings. The third-order valence-corrected chi connectivity index (χ3v) is 11.8. The van der Waals surface area contributed by atoms with Crippen molar-refractivity contribution in [1.82, 2.24) is 19.5 Å². The van der Waals surface area contributed by atoms with Gasteiger partial charge in [0, 0.05) is 28.7 Å². The van der Waals surface area contributed by atoms with Crippen LogP contribution in [-0.2, 0) is 13.0 Å². The summed E-state index contributed by atoms with van der Waals surface area (Å²) in [6.07, 6.45) is 7.13. The van der Waals surface area contributed by atoms with E-state index in [4.69, 9.17) is 32.9 Å². The highest BCUT2D eigenvalue weighted by Crippen LogP contribution is 2.52. The normalized spacial score (nSPS) is 16.9. The Hall–Kier alpha value is -4.91. The summed E-state index contributed by atoms with van der Waals surface area (Å²) in [5.41, 5.74) is 7.66. The van der Waals surface area contributed by atoms with Crippen LogP contribution in [0.5, 0.6) is 5.75 Å². The van der Waals surface area contributed by atoms with Crippen LogP contribution in [0.15, 0.2) is 115 Å². The van der Waals surface area contributed by atoms with Gasteiger partial charge in [0.1, 0.15) is 22.4 Å². The Bertz CT molecular complexity index is 2350. The highest BCUT2D eigenvalue weighted by Gasteiger charge is 2.49. The average Bonchev–Trinajstić information content (AvgIpc) is 4.00. The van der Waals surface area contributed by atoms with Gasteiger partial charge in [-0.05, 0) is 73.9 Å². The number of unbranched alkanes of at least 4 members (excludes halogenated alkanes) is 1. The van der Waals surface area contributed by atoms with Gasteiger partial charge >= 0.3 is 0 Å². The van der Waals surface area contributed by atoms with Gasteiger partial charge < -0.3 is 14.3 Å². The number of rotatable bonds is 9. The third kappa shape index (κ3) is 6.98. The number of para-hydroxylation sites is 4. The number of imidazole rings is 2. The van der Waals surface area contributed by atoms with Crippen molar-refractivity contribution in [2.24, 2.45) is 11.3 Å². The van der Waals surface area contributed by atoms with Crippen LogP contribution in [0.25, 0.3) is 44.8 Å². The van der Waals surface area contributed by atoms with Crippen molar-refractivity contribution in [3.63, 3.8) is 0 Å². The number of carbonyl (C=O) groups is 1. The second-order valence-corrected chi connectivity index (χ2v) is 15.2. The minimum absolute atomic E-state index is 0.152. The Balaban J connectivity index is 0.000000221. The zero-order chi connectivity index (χ0) is 36.4. The topological polar surface area (TPSA) is 72.8 Å². The molecule has 1 unspecified atom stereocenters. The zero-order valence-electron chi connectivity index (χ0n) is 29.8. The predicted molar refractivity (Wildman–Crippen MR) is 216 cm³/mol. The number of Topliss-reactive ketones (excluding diaryl/α,β-unsaturated/α-hetero) is 1. The molecule has 6 nitrogen and oxygen atoms in total. The minimum Gasteiger partial charge on any atom is -0.492 e. The van der Waals surface area contributed by atoms with Crippen LogP contribution >= 0.6 is 23.2 Å². The summed E-state index contributed by atoms with van der Waals surface area (Å²) >= 11 is 13.3. The number of aryl methyl sites for hydroxylation is 1. The second-order valence-electron chi connectivity index (χ2n) is 14.4. The summed E-state index contributed by atoms with van der Waals surface area (Å²) in [6, 6.07) is 38.7. The van der Waals surface area contributed by atoms with E-state index in [1.54, 1.807) is 0 Å². The molecule has 0 amide bonds. The summed E-state index contributed by atoms with van der Waals surface area (Å²) in [6.45, 7) is 3.47. The molecule has 9 rings (SSSR count). The molecule has 1 fully saturated rings. The van der Waals surface area contributed by atoms with Crippen LogP contribution in [0, 0.1) is 11.3 Å². The molecule has 0 radical (unpaired) electrons. The number of ketones is 1. The predicted octanol–water partition coefficient (Wildman–Crippen LogP) is 12.0. The first-order chi connectivity index (χ1) is 25.9. The smallest absolute Gasteiger partial charge is 0.171 e. The number of nitrogens with zero attached hydrogens (tertiary/aromatic N) is 3. The summed E-state index contributed by atoms with van der Waals surface area (Å²) in [5.74, 6) is 3.06. The molecule has 1 saturated carbocycles. The maximum absolute atomic E-state index is 13.4. The van der Waals surface area contributed by atoms with Crippen LogP contribution in [0.4, 0.5) is 0 Å². The van der Waals surface area contributed by atoms with Gasteiger partial charge in [0.05, 0.1) is 33.7 Å². The Morgan fingerprint density at radius 2 is 1.45 bits per heavy atom. The fraction of sp³-hybridized carbons (Fsp3) is 0.267. The number of carbonyl (C=O) groups excluding carboxylic acids is 1. The summed E-state index contributed by atoms with van der Waals surface area (Å²) in [4.78, 5) is 26.2. The zero-order valence-corrected chi connectivity index (χ0v) is 31.3. The number of aromatic nitrogens is 4. The van der Waals surface area contributed by atoms with Gasteiger partial charge in [-0.1, -0.05) is 128 Å². The summed E-state index contributed by atoms with van der Waals surface area (Å²) in [5, 5.41) is 0.699. The highest BCUT2D eigenvalue weighted by molar-refractivity contribution is 6.45. The maximum Gasteiger partial charge on any atom is 0.171 e. The highest BCUT2D eigenvalue weighted by atomic mass is 35.5. The van der Waals surface area contributed by atoms with Crippen molar-refractivity contribution < 1.29 is 9.53 Å². The first-order valence-electron chi connectivity index (χ1n) is 18.6. The van der Waals surface area contributed by atoms with E-state index in [1.165, 1.54) is 12.8 Å². The van der Waals surface area contributed by atoms with Gasteiger partial charge in [0.2, 0.25) is 0 Å². The van der Waals surface area contributed by atoms with E-state index in [1.807, 2.05) is 72.8 Å². The van der Waals surface area contributed by atoms with E-state index in [2.05, 4.69) is 63.9 Å². The van der Waals surface area contributed by atoms with Crippen LogP contribution in [0.1, 0.15) is 61.4 Å². The van der Waals surface area contributed by atoms with Crippen molar-refractivity contribution in [3.05, 3.63) is 136 Å². The molecule has 2 heterocycles. The number of ether oxygens (including phenoxy) is 1. The largest absolute Gasteiger partial charge is 0.492 e. The van der Waals surface area contributed by atoms with E-state index in [0.29, 0.717) is 33.9 Å². The molecule has 2 aliphatic carbocycles. The maximum atomic E-state index is 13.4. The molecule has 1 N–H and O–H groups in total. The van der Waals surface area contributed by atoms with Gasteiger partial charge in [-0.2, -0.15) is 0 Å². The van der Waals surface area contributed by atoms with Gasteiger partial charge in [-0.25, -0.2) is 9.97 Å². The van der Waals surface area contributed by atoms with E-state index in [-0.39, 0.29) is 11.2 Å². The standard InChI is InChI=1S/C32H32Cl2N2O2.C13H10N2/c1-32(23-13-5-6-14-23)20-22-19-26(28(33)29(34)27(22)30(32)37)38-18-10-9-17-36-25-16-8-7-15-24(25)35-31(36)21-11-3-2-4-12-21;1-2-6-10(7-3-1)13-14-11-8-4-5-9-12(11)15-13/h2-4,7-8,11-12,15-16,19,23H,5-6,9-10,13-14,17-18,20H2,1H3;1-9H,(H,14,15). The lowest BCUT2D eigenvalue weighted by atomic mass is 9.73. The van der Waals surface area contributed by atoms with Crippen molar-refractivity contribution in [2.75, 3.05) is 6.61 Å². The number of fused-ring (bicyclic) bond motifs is 3. The van der Waals surface area contributed by atoms with E-state index >= 15 is 0 Å². The first-order valence-corrected chi connectivity index (χ1v) is 19.4. The first kappa shape index (κ1) is 35.1. The van der Waals surface area contributed by atoms with Gasteiger partial charge in [0.15, 0.2) is 5.78 Å². The molecular formula is C45H42Cl2N4O2. The van der Waals surface area contributed by atoms with E-state index in [0.717, 1.165) is 89.1 Å². The van der Waals surface area contributed by atoms with Crippen molar-refractivity contribution in [3.8, 4) is 28.5 Å². The van der Waals surface area contributed by atoms with Crippen LogP contribution in [0.2, 0.25) is 10.0 Å². The molecule has 0 spiro atoms.